The van der Waals surface area contributed by atoms with Crippen molar-refractivity contribution in [2.45, 2.75) is 33.6 Å². The zero-order chi connectivity index (χ0) is 11.3. The molecule has 1 rings (SSSR count). The third-order valence-electron chi connectivity index (χ3n) is 2.42. The maximum absolute atomic E-state index is 4.48. The summed E-state index contributed by atoms with van der Waals surface area (Å²) in [6.07, 6.45) is 4.37. The number of halogens is 1. The molecule has 0 saturated heterocycles. The van der Waals surface area contributed by atoms with Crippen LogP contribution in [-0.4, -0.2) is 18.1 Å². The van der Waals surface area contributed by atoms with Crippen LogP contribution in [0.1, 0.15) is 32.3 Å². The van der Waals surface area contributed by atoms with E-state index >= 15 is 0 Å². The van der Waals surface area contributed by atoms with Crippen LogP contribution in [0.25, 0.3) is 0 Å². The van der Waals surface area contributed by atoms with Crippen LogP contribution in [0, 0.1) is 6.92 Å². The molecule has 0 radical (unpaired) electrons. The van der Waals surface area contributed by atoms with Gasteiger partial charge < -0.3 is 4.90 Å². The number of aromatic nitrogens is 1. The molecule has 2 nitrogen and oxygen atoms in total. The third-order valence-corrected chi connectivity index (χ3v) is 3.00. The minimum atomic E-state index is 1.01. The average molecular weight is 271 g/mol. The fourth-order valence-corrected chi connectivity index (χ4v) is 2.24. The zero-order valence-electron chi connectivity index (χ0n) is 9.76. The summed E-state index contributed by atoms with van der Waals surface area (Å²) in [5.41, 5.74) is 1.19. The van der Waals surface area contributed by atoms with E-state index in [9.17, 15) is 0 Å². The second kappa shape index (κ2) is 6.11. The first-order chi connectivity index (χ1) is 7.19. The fourth-order valence-electron chi connectivity index (χ4n) is 1.52. The maximum atomic E-state index is 4.48. The van der Waals surface area contributed by atoms with E-state index in [1.165, 1.54) is 18.4 Å². The van der Waals surface area contributed by atoms with Crippen molar-refractivity contribution in [2.75, 3.05) is 18.0 Å². The normalized spacial score (nSPS) is 10.4. The highest BCUT2D eigenvalue weighted by molar-refractivity contribution is 9.10. The largest absolute Gasteiger partial charge is 0.356 e. The van der Waals surface area contributed by atoms with Gasteiger partial charge in [-0.3, -0.25) is 0 Å². The molecule has 0 unspecified atom stereocenters. The van der Waals surface area contributed by atoms with E-state index in [1.54, 1.807) is 0 Å². The van der Waals surface area contributed by atoms with Gasteiger partial charge >= 0.3 is 0 Å². The van der Waals surface area contributed by atoms with Gasteiger partial charge in [0.15, 0.2) is 0 Å². The van der Waals surface area contributed by atoms with Crippen molar-refractivity contribution in [3.63, 3.8) is 0 Å². The third kappa shape index (κ3) is 3.49. The van der Waals surface area contributed by atoms with Crippen molar-refractivity contribution in [1.82, 2.24) is 4.98 Å². The Bertz CT molecular complexity index is 312. The van der Waals surface area contributed by atoms with Gasteiger partial charge in [-0.1, -0.05) is 13.3 Å². The molecule has 1 heterocycles. The van der Waals surface area contributed by atoms with Crippen LogP contribution >= 0.6 is 15.9 Å². The number of hydrogen-bond acceptors (Lipinski definition) is 2. The van der Waals surface area contributed by atoms with Gasteiger partial charge in [0.25, 0.3) is 0 Å². The van der Waals surface area contributed by atoms with Gasteiger partial charge in [0.1, 0.15) is 5.82 Å². The predicted octanol–water partition coefficient (Wildman–Crippen LogP) is 3.78. The molecule has 0 fully saturated rings. The molecule has 0 atom stereocenters. The quantitative estimate of drug-likeness (QED) is 0.810. The lowest BCUT2D eigenvalue weighted by atomic mass is 10.3. The van der Waals surface area contributed by atoms with Gasteiger partial charge in [0.05, 0.1) is 4.47 Å². The first-order valence-corrected chi connectivity index (χ1v) is 6.35. The summed E-state index contributed by atoms with van der Waals surface area (Å²) in [6, 6.07) is 2.12. The second-order valence-electron chi connectivity index (χ2n) is 3.75. The Morgan fingerprint density at radius 3 is 2.67 bits per heavy atom. The summed E-state index contributed by atoms with van der Waals surface area (Å²) >= 11 is 3.58. The number of hydrogen-bond donors (Lipinski definition) is 0. The first kappa shape index (κ1) is 12.5. The topological polar surface area (TPSA) is 16.1 Å². The van der Waals surface area contributed by atoms with Crippen molar-refractivity contribution in [3.05, 3.63) is 22.3 Å². The lowest BCUT2D eigenvalue weighted by Crippen LogP contribution is -2.25. The maximum Gasteiger partial charge on any atom is 0.142 e. The molecule has 84 valence electrons. The number of nitrogens with zero attached hydrogens (tertiary/aromatic N) is 2. The molecular weight excluding hydrogens is 252 g/mol. The monoisotopic (exact) mass is 270 g/mol. The van der Waals surface area contributed by atoms with Gasteiger partial charge in [-0.2, -0.15) is 0 Å². The Hall–Kier alpha value is -0.570. The molecule has 1 aromatic heterocycles. The summed E-state index contributed by atoms with van der Waals surface area (Å²) < 4.78 is 1.10. The lowest BCUT2D eigenvalue weighted by molar-refractivity contribution is 0.722. The molecule has 3 heteroatoms. The molecule has 1 aromatic rings. The molecule has 0 aliphatic rings. The smallest absolute Gasteiger partial charge is 0.142 e. The van der Waals surface area contributed by atoms with Gasteiger partial charge in [-0.05, 0) is 47.8 Å². The standard InChI is InChI=1S/C12H19BrN2/c1-4-6-7-15(5-2)12-11(13)8-10(3)9-14-12/h8-9H,4-7H2,1-3H3. The van der Waals surface area contributed by atoms with E-state index < -0.39 is 0 Å². The minimum absolute atomic E-state index is 1.01. The van der Waals surface area contributed by atoms with Crippen molar-refractivity contribution < 1.29 is 0 Å². The summed E-state index contributed by atoms with van der Waals surface area (Å²) in [4.78, 5) is 6.79. The van der Waals surface area contributed by atoms with E-state index in [4.69, 9.17) is 0 Å². The van der Waals surface area contributed by atoms with Crippen molar-refractivity contribution >= 4 is 21.7 Å². The average Bonchev–Trinajstić information content (AvgIpc) is 2.21. The van der Waals surface area contributed by atoms with Crippen molar-refractivity contribution in [3.8, 4) is 0 Å². The van der Waals surface area contributed by atoms with Crippen LogP contribution in [0.3, 0.4) is 0 Å². The Balaban J connectivity index is 2.81. The molecule has 0 saturated carbocycles. The number of aryl methyl sites for hydroxylation is 1. The fraction of sp³-hybridized carbons (Fsp3) is 0.583. The highest BCUT2D eigenvalue weighted by atomic mass is 79.9. The molecule has 0 aliphatic carbocycles. The molecule has 15 heavy (non-hydrogen) atoms. The Labute approximate surface area is 101 Å². The van der Waals surface area contributed by atoms with Crippen molar-refractivity contribution in [2.24, 2.45) is 0 Å². The molecule has 0 bridgehead atoms. The number of anilines is 1. The zero-order valence-corrected chi connectivity index (χ0v) is 11.3. The first-order valence-electron chi connectivity index (χ1n) is 5.56. The van der Waals surface area contributed by atoms with Crippen LogP contribution in [0.2, 0.25) is 0 Å². The van der Waals surface area contributed by atoms with E-state index in [2.05, 4.69) is 52.7 Å². The van der Waals surface area contributed by atoms with E-state index in [0.29, 0.717) is 0 Å². The summed E-state index contributed by atoms with van der Waals surface area (Å²) in [6.45, 7) is 8.54. The van der Waals surface area contributed by atoms with E-state index in [-0.39, 0.29) is 0 Å². The Morgan fingerprint density at radius 2 is 2.13 bits per heavy atom. The van der Waals surface area contributed by atoms with Crippen LogP contribution < -0.4 is 4.90 Å². The van der Waals surface area contributed by atoms with Gasteiger partial charge in [-0.25, -0.2) is 4.98 Å². The van der Waals surface area contributed by atoms with E-state index in [1.807, 2.05) is 6.20 Å². The van der Waals surface area contributed by atoms with Crippen LogP contribution in [0.5, 0.6) is 0 Å². The van der Waals surface area contributed by atoms with Gasteiger partial charge in [0, 0.05) is 19.3 Å². The summed E-state index contributed by atoms with van der Waals surface area (Å²) in [5, 5.41) is 0. The molecule has 0 aromatic carbocycles. The van der Waals surface area contributed by atoms with Crippen LogP contribution in [0.4, 0.5) is 5.82 Å². The SMILES string of the molecule is CCCCN(CC)c1ncc(C)cc1Br. The van der Waals surface area contributed by atoms with E-state index in [0.717, 1.165) is 23.4 Å². The van der Waals surface area contributed by atoms with Crippen molar-refractivity contribution in [1.29, 1.82) is 0 Å². The number of rotatable bonds is 5. The molecule has 0 spiro atoms. The summed E-state index contributed by atoms with van der Waals surface area (Å²) in [7, 11) is 0. The minimum Gasteiger partial charge on any atom is -0.356 e. The molecule has 0 N–H and O–H groups in total. The van der Waals surface area contributed by atoms with Crippen LogP contribution in [-0.2, 0) is 0 Å². The Kier molecular flexibility index (Phi) is 5.09. The molecule has 0 aliphatic heterocycles. The number of unbranched alkanes of at least 4 members (excludes halogenated alkanes) is 1. The van der Waals surface area contributed by atoms with Crippen LogP contribution in [0.15, 0.2) is 16.7 Å². The predicted molar refractivity (Wildman–Crippen MR) is 69.5 cm³/mol. The lowest BCUT2D eigenvalue weighted by Gasteiger charge is -2.22. The number of pyridine rings is 1. The Morgan fingerprint density at radius 1 is 1.40 bits per heavy atom. The highest BCUT2D eigenvalue weighted by Crippen LogP contribution is 2.24. The van der Waals surface area contributed by atoms with Gasteiger partial charge in [-0.15, -0.1) is 0 Å². The highest BCUT2D eigenvalue weighted by Gasteiger charge is 2.09. The summed E-state index contributed by atoms with van der Waals surface area (Å²) in [5.74, 6) is 1.07. The second-order valence-corrected chi connectivity index (χ2v) is 4.61. The van der Waals surface area contributed by atoms with Gasteiger partial charge in [0.2, 0.25) is 0 Å². The molecule has 0 amide bonds. The molecular formula is C12H19BrN2.